The van der Waals surface area contributed by atoms with Crippen LogP contribution in [0.3, 0.4) is 0 Å². The SMILES string of the molecule is O=C(c1cnn(-c2ccccc2)c1)N1C[C@@H]2CCC[C@@]2(C(=O)O)C1. The fraction of sp³-hybridized carbons (Fsp3) is 0.389. The quantitative estimate of drug-likeness (QED) is 0.939. The normalized spacial score (nSPS) is 25.7. The highest BCUT2D eigenvalue weighted by molar-refractivity contribution is 5.94. The van der Waals surface area contributed by atoms with Crippen molar-refractivity contribution >= 4 is 11.9 Å². The van der Waals surface area contributed by atoms with Crippen LogP contribution >= 0.6 is 0 Å². The maximum Gasteiger partial charge on any atom is 0.311 e. The summed E-state index contributed by atoms with van der Waals surface area (Å²) >= 11 is 0. The molecule has 1 aromatic heterocycles. The molecule has 0 spiro atoms. The first-order valence-electron chi connectivity index (χ1n) is 8.23. The van der Waals surface area contributed by atoms with Crippen LogP contribution in [0, 0.1) is 11.3 Å². The molecule has 2 heterocycles. The van der Waals surface area contributed by atoms with Gasteiger partial charge in [-0.2, -0.15) is 5.10 Å². The van der Waals surface area contributed by atoms with Crippen molar-refractivity contribution in [3.8, 4) is 5.69 Å². The van der Waals surface area contributed by atoms with Crippen LogP contribution in [0.25, 0.3) is 5.69 Å². The van der Waals surface area contributed by atoms with Crippen molar-refractivity contribution in [2.45, 2.75) is 19.3 Å². The van der Waals surface area contributed by atoms with Crippen molar-refractivity contribution in [3.05, 3.63) is 48.3 Å². The number of para-hydroxylation sites is 1. The highest BCUT2D eigenvalue weighted by atomic mass is 16.4. The molecule has 1 amide bonds. The monoisotopic (exact) mass is 325 g/mol. The summed E-state index contributed by atoms with van der Waals surface area (Å²) in [7, 11) is 0. The maximum atomic E-state index is 12.8. The number of carbonyl (C=O) groups is 2. The number of rotatable bonds is 3. The number of carboxylic acids is 1. The number of hydrogen-bond acceptors (Lipinski definition) is 3. The number of aromatic nitrogens is 2. The maximum absolute atomic E-state index is 12.8. The lowest BCUT2D eigenvalue weighted by atomic mass is 9.81. The summed E-state index contributed by atoms with van der Waals surface area (Å²) in [5.41, 5.74) is 0.640. The molecule has 6 nitrogen and oxygen atoms in total. The predicted molar refractivity (Wildman–Crippen MR) is 86.9 cm³/mol. The van der Waals surface area contributed by atoms with Crippen LogP contribution in [0.5, 0.6) is 0 Å². The zero-order valence-electron chi connectivity index (χ0n) is 13.3. The zero-order valence-corrected chi connectivity index (χ0v) is 13.3. The number of nitrogens with zero attached hydrogens (tertiary/aromatic N) is 3. The van der Waals surface area contributed by atoms with Gasteiger partial charge in [0.15, 0.2) is 0 Å². The lowest BCUT2D eigenvalue weighted by Gasteiger charge is -2.23. The molecule has 6 heteroatoms. The number of likely N-dealkylation sites (tertiary alicyclic amines) is 1. The number of aliphatic carboxylic acids is 1. The van der Waals surface area contributed by atoms with Gasteiger partial charge in [0.05, 0.1) is 22.9 Å². The van der Waals surface area contributed by atoms with Crippen LogP contribution in [0.1, 0.15) is 29.6 Å². The largest absolute Gasteiger partial charge is 0.481 e. The predicted octanol–water partition coefficient (Wildman–Crippen LogP) is 2.20. The highest BCUT2D eigenvalue weighted by Gasteiger charge is 2.55. The fourth-order valence-corrected chi connectivity index (χ4v) is 4.13. The van der Waals surface area contributed by atoms with E-state index in [1.807, 2.05) is 30.3 Å². The Bertz CT molecular complexity index is 786. The van der Waals surface area contributed by atoms with E-state index in [1.54, 1.807) is 22.0 Å². The second-order valence-electron chi connectivity index (χ2n) is 6.75. The second-order valence-corrected chi connectivity index (χ2v) is 6.75. The second kappa shape index (κ2) is 5.47. The van der Waals surface area contributed by atoms with E-state index in [9.17, 15) is 14.7 Å². The zero-order chi connectivity index (χ0) is 16.7. The summed E-state index contributed by atoms with van der Waals surface area (Å²) < 4.78 is 1.66. The van der Waals surface area contributed by atoms with Crippen molar-refractivity contribution < 1.29 is 14.7 Å². The standard InChI is InChI=1S/C18H19N3O3/c22-16(13-9-19-21(10-13)15-6-2-1-3-7-15)20-11-14-5-4-8-18(14,12-20)17(23)24/h1-3,6-7,9-10,14H,4-5,8,11-12H2,(H,23,24)/t14-,18+/m0/s1. The minimum atomic E-state index is -0.764. The van der Waals surface area contributed by atoms with E-state index in [0.29, 0.717) is 25.1 Å². The topological polar surface area (TPSA) is 75.4 Å². The molecular weight excluding hydrogens is 306 g/mol. The van der Waals surface area contributed by atoms with Gasteiger partial charge < -0.3 is 10.0 Å². The van der Waals surface area contributed by atoms with Gasteiger partial charge in [-0.25, -0.2) is 4.68 Å². The van der Waals surface area contributed by atoms with Crippen molar-refractivity contribution in [1.29, 1.82) is 0 Å². The number of amides is 1. The van der Waals surface area contributed by atoms with E-state index in [-0.39, 0.29) is 11.8 Å². The fourth-order valence-electron chi connectivity index (χ4n) is 4.13. The molecule has 124 valence electrons. The number of carbonyl (C=O) groups excluding carboxylic acids is 1. The van der Waals surface area contributed by atoms with E-state index >= 15 is 0 Å². The Balaban J connectivity index is 1.55. The lowest BCUT2D eigenvalue weighted by Crippen LogP contribution is -2.37. The van der Waals surface area contributed by atoms with Crippen LogP contribution in [-0.2, 0) is 4.79 Å². The Hall–Kier alpha value is -2.63. The molecule has 0 radical (unpaired) electrons. The molecule has 1 N–H and O–H groups in total. The molecule has 1 saturated carbocycles. The van der Waals surface area contributed by atoms with Gasteiger partial charge in [0, 0.05) is 19.3 Å². The molecule has 0 bridgehead atoms. The van der Waals surface area contributed by atoms with Crippen LogP contribution in [0.4, 0.5) is 0 Å². The van der Waals surface area contributed by atoms with Gasteiger partial charge in [0.1, 0.15) is 0 Å². The minimum absolute atomic E-state index is 0.0723. The van der Waals surface area contributed by atoms with Gasteiger partial charge in [-0.3, -0.25) is 9.59 Å². The molecule has 2 aliphatic rings. The summed E-state index contributed by atoms with van der Waals surface area (Å²) in [6, 6.07) is 9.59. The lowest BCUT2D eigenvalue weighted by molar-refractivity contribution is -0.149. The van der Waals surface area contributed by atoms with Gasteiger partial charge >= 0.3 is 5.97 Å². The number of carboxylic acid groups (broad SMARTS) is 1. The minimum Gasteiger partial charge on any atom is -0.481 e. The smallest absolute Gasteiger partial charge is 0.311 e. The van der Waals surface area contributed by atoms with Gasteiger partial charge in [-0.15, -0.1) is 0 Å². The first kappa shape index (κ1) is 14.9. The van der Waals surface area contributed by atoms with Crippen LogP contribution in [-0.4, -0.2) is 44.8 Å². The number of fused-ring (bicyclic) bond motifs is 1. The van der Waals surface area contributed by atoms with Crippen LogP contribution in [0.15, 0.2) is 42.7 Å². The third-order valence-corrected chi connectivity index (χ3v) is 5.43. The van der Waals surface area contributed by atoms with E-state index in [0.717, 1.165) is 18.5 Å². The number of benzene rings is 1. The van der Waals surface area contributed by atoms with Crippen LogP contribution < -0.4 is 0 Å². The van der Waals surface area contributed by atoms with Crippen molar-refractivity contribution in [2.24, 2.45) is 11.3 Å². The summed E-state index contributed by atoms with van der Waals surface area (Å²) in [6.45, 7) is 0.837. The molecule has 1 aromatic carbocycles. The van der Waals surface area contributed by atoms with Crippen molar-refractivity contribution in [1.82, 2.24) is 14.7 Å². The summed E-state index contributed by atoms with van der Waals surface area (Å²) in [5.74, 6) is -0.824. The molecule has 2 atom stereocenters. The Kier molecular flexibility index (Phi) is 3.40. The third-order valence-electron chi connectivity index (χ3n) is 5.43. The Morgan fingerprint density at radius 1 is 1.25 bits per heavy atom. The molecule has 2 fully saturated rings. The molecule has 1 saturated heterocycles. The number of hydrogen-bond donors (Lipinski definition) is 1. The van der Waals surface area contributed by atoms with E-state index < -0.39 is 11.4 Å². The molecule has 24 heavy (non-hydrogen) atoms. The van der Waals surface area contributed by atoms with Gasteiger partial charge in [-0.1, -0.05) is 24.6 Å². The van der Waals surface area contributed by atoms with Gasteiger partial charge in [0.25, 0.3) is 5.91 Å². The average molecular weight is 325 g/mol. The highest BCUT2D eigenvalue weighted by Crippen LogP contribution is 2.49. The first-order valence-corrected chi connectivity index (χ1v) is 8.23. The summed E-state index contributed by atoms with van der Waals surface area (Å²) in [5, 5.41) is 13.9. The average Bonchev–Trinajstić information content (AvgIpc) is 3.29. The first-order chi connectivity index (χ1) is 11.6. The summed E-state index contributed by atoms with van der Waals surface area (Å²) in [4.78, 5) is 26.2. The van der Waals surface area contributed by atoms with E-state index in [1.165, 1.54) is 0 Å². The van der Waals surface area contributed by atoms with Gasteiger partial charge in [0.2, 0.25) is 0 Å². The Morgan fingerprint density at radius 2 is 2.04 bits per heavy atom. The molecule has 4 rings (SSSR count). The molecule has 2 aromatic rings. The van der Waals surface area contributed by atoms with E-state index in [2.05, 4.69) is 5.10 Å². The Labute approximate surface area is 139 Å². The van der Waals surface area contributed by atoms with Gasteiger partial charge in [-0.05, 0) is 30.9 Å². The van der Waals surface area contributed by atoms with Crippen LogP contribution in [0.2, 0.25) is 0 Å². The Morgan fingerprint density at radius 3 is 2.75 bits per heavy atom. The van der Waals surface area contributed by atoms with Crippen molar-refractivity contribution in [2.75, 3.05) is 13.1 Å². The molecule has 1 aliphatic carbocycles. The third kappa shape index (κ3) is 2.21. The van der Waals surface area contributed by atoms with E-state index in [4.69, 9.17) is 0 Å². The van der Waals surface area contributed by atoms with Crippen molar-refractivity contribution in [3.63, 3.8) is 0 Å². The summed E-state index contributed by atoms with van der Waals surface area (Å²) in [6.07, 6.45) is 5.75. The molecular formula is C18H19N3O3. The molecule has 0 unspecified atom stereocenters. The molecule has 1 aliphatic heterocycles.